The zero-order chi connectivity index (χ0) is 13.4. The molecule has 0 radical (unpaired) electrons. The van der Waals surface area contributed by atoms with E-state index in [2.05, 4.69) is 5.32 Å². The van der Waals surface area contributed by atoms with Crippen LogP contribution < -0.4 is 5.32 Å². The summed E-state index contributed by atoms with van der Waals surface area (Å²) >= 11 is 0. The summed E-state index contributed by atoms with van der Waals surface area (Å²) in [4.78, 5) is 24.3. The van der Waals surface area contributed by atoms with E-state index < -0.39 is 0 Å². The lowest BCUT2D eigenvalue weighted by atomic mass is 10.3. The van der Waals surface area contributed by atoms with Gasteiger partial charge in [0.1, 0.15) is 0 Å². The molecule has 1 N–H and O–H groups in total. The number of hydrogen-bond donors (Lipinski definition) is 1. The first-order valence-corrected chi connectivity index (χ1v) is 5.86. The highest BCUT2D eigenvalue weighted by Gasteiger charge is 2.10. The van der Waals surface area contributed by atoms with E-state index in [4.69, 9.17) is 4.74 Å². The van der Waals surface area contributed by atoms with Gasteiger partial charge in [-0.25, -0.2) is 4.79 Å². The summed E-state index contributed by atoms with van der Waals surface area (Å²) in [5, 5.41) is 2.73. The number of anilines is 1. The topological polar surface area (TPSA) is 58.6 Å². The standard InChI is InChI=1S/C13H18N2O3/c1-3-18-12(16)9-10-15(2)13(17)14-11-7-5-4-6-8-11/h4-8H,3,9-10H2,1-2H3,(H,14,17). The molecule has 0 bridgehead atoms. The van der Waals surface area contributed by atoms with Crippen molar-refractivity contribution in [1.82, 2.24) is 4.90 Å². The predicted octanol–water partition coefficient (Wildman–Crippen LogP) is 2.10. The van der Waals surface area contributed by atoms with Crippen LogP contribution in [0.15, 0.2) is 30.3 Å². The van der Waals surface area contributed by atoms with Crippen LogP contribution in [0.3, 0.4) is 0 Å². The molecule has 0 fully saturated rings. The number of hydrogen-bond acceptors (Lipinski definition) is 3. The Morgan fingerprint density at radius 3 is 2.56 bits per heavy atom. The molecular formula is C13H18N2O3. The third kappa shape index (κ3) is 4.86. The van der Waals surface area contributed by atoms with Gasteiger partial charge in [0.15, 0.2) is 0 Å². The van der Waals surface area contributed by atoms with Crippen LogP contribution in [0.2, 0.25) is 0 Å². The van der Waals surface area contributed by atoms with Gasteiger partial charge in [0, 0.05) is 19.3 Å². The van der Waals surface area contributed by atoms with Crippen molar-refractivity contribution in [3.05, 3.63) is 30.3 Å². The molecule has 0 aliphatic carbocycles. The number of carbonyl (C=O) groups is 2. The third-order valence-electron chi connectivity index (χ3n) is 2.33. The summed E-state index contributed by atoms with van der Waals surface area (Å²) in [6, 6.07) is 8.92. The van der Waals surface area contributed by atoms with Crippen LogP contribution in [0.1, 0.15) is 13.3 Å². The fraction of sp³-hybridized carbons (Fsp3) is 0.385. The van der Waals surface area contributed by atoms with E-state index >= 15 is 0 Å². The highest BCUT2D eigenvalue weighted by atomic mass is 16.5. The van der Waals surface area contributed by atoms with E-state index in [1.807, 2.05) is 18.2 Å². The predicted molar refractivity (Wildman–Crippen MR) is 69.3 cm³/mol. The average Bonchev–Trinajstić information content (AvgIpc) is 2.37. The van der Waals surface area contributed by atoms with E-state index in [-0.39, 0.29) is 18.4 Å². The second kappa shape index (κ2) is 7.32. The minimum Gasteiger partial charge on any atom is -0.466 e. The Morgan fingerprint density at radius 2 is 1.94 bits per heavy atom. The fourth-order valence-corrected chi connectivity index (χ4v) is 1.33. The molecule has 5 heteroatoms. The molecule has 0 atom stereocenters. The van der Waals surface area contributed by atoms with E-state index in [0.29, 0.717) is 13.2 Å². The number of para-hydroxylation sites is 1. The van der Waals surface area contributed by atoms with Crippen LogP contribution >= 0.6 is 0 Å². The van der Waals surface area contributed by atoms with Gasteiger partial charge in [-0.3, -0.25) is 4.79 Å². The second-order valence-corrected chi connectivity index (χ2v) is 3.77. The number of nitrogens with one attached hydrogen (secondary N) is 1. The van der Waals surface area contributed by atoms with E-state index in [0.717, 1.165) is 5.69 Å². The largest absolute Gasteiger partial charge is 0.466 e. The molecule has 1 aromatic carbocycles. The summed E-state index contributed by atoms with van der Waals surface area (Å²) in [6.07, 6.45) is 0.201. The molecule has 0 saturated heterocycles. The van der Waals surface area contributed by atoms with Gasteiger partial charge in [-0.15, -0.1) is 0 Å². The first kappa shape index (κ1) is 14.0. The zero-order valence-electron chi connectivity index (χ0n) is 10.7. The maximum Gasteiger partial charge on any atom is 0.321 e. The van der Waals surface area contributed by atoms with Crippen molar-refractivity contribution in [3.63, 3.8) is 0 Å². The normalized spacial score (nSPS) is 9.67. The smallest absolute Gasteiger partial charge is 0.321 e. The minimum absolute atomic E-state index is 0.201. The van der Waals surface area contributed by atoms with Crippen molar-refractivity contribution in [1.29, 1.82) is 0 Å². The number of urea groups is 1. The summed E-state index contributed by atoms with van der Waals surface area (Å²) in [5.74, 6) is -0.295. The first-order valence-electron chi connectivity index (χ1n) is 5.86. The molecule has 18 heavy (non-hydrogen) atoms. The van der Waals surface area contributed by atoms with Gasteiger partial charge in [-0.2, -0.15) is 0 Å². The number of nitrogens with zero attached hydrogens (tertiary/aromatic N) is 1. The lowest BCUT2D eigenvalue weighted by Crippen LogP contribution is -2.33. The Bertz CT molecular complexity index is 392. The highest BCUT2D eigenvalue weighted by molar-refractivity contribution is 5.89. The van der Waals surface area contributed by atoms with Gasteiger partial charge in [0.05, 0.1) is 13.0 Å². The number of esters is 1. The van der Waals surface area contributed by atoms with Gasteiger partial charge < -0.3 is 15.0 Å². The molecule has 0 spiro atoms. The molecular weight excluding hydrogens is 232 g/mol. The van der Waals surface area contributed by atoms with E-state index in [9.17, 15) is 9.59 Å². The van der Waals surface area contributed by atoms with Crippen molar-refractivity contribution in [2.75, 3.05) is 25.5 Å². The molecule has 1 aromatic rings. The molecule has 98 valence electrons. The number of amides is 2. The van der Waals surface area contributed by atoms with E-state index in [1.54, 1.807) is 26.1 Å². The lowest BCUT2D eigenvalue weighted by Gasteiger charge is -2.17. The Kier molecular flexibility index (Phi) is 5.70. The van der Waals surface area contributed by atoms with Crippen molar-refractivity contribution in [2.24, 2.45) is 0 Å². The van der Waals surface area contributed by atoms with Crippen LogP contribution in [0.5, 0.6) is 0 Å². The summed E-state index contributed by atoms with van der Waals surface area (Å²) in [7, 11) is 1.64. The molecule has 0 aliphatic heterocycles. The number of carbonyl (C=O) groups excluding carboxylic acids is 2. The average molecular weight is 250 g/mol. The van der Waals surface area contributed by atoms with Crippen LogP contribution in [-0.2, 0) is 9.53 Å². The molecule has 0 aliphatic rings. The van der Waals surface area contributed by atoms with Gasteiger partial charge in [0.25, 0.3) is 0 Å². The monoisotopic (exact) mass is 250 g/mol. The zero-order valence-corrected chi connectivity index (χ0v) is 10.7. The van der Waals surface area contributed by atoms with E-state index in [1.165, 1.54) is 4.90 Å². The molecule has 1 rings (SSSR count). The van der Waals surface area contributed by atoms with Crippen LogP contribution in [-0.4, -0.2) is 37.1 Å². The van der Waals surface area contributed by atoms with Gasteiger partial charge >= 0.3 is 12.0 Å². The quantitative estimate of drug-likeness (QED) is 0.814. The fourth-order valence-electron chi connectivity index (χ4n) is 1.33. The van der Waals surface area contributed by atoms with Crippen LogP contribution in [0.4, 0.5) is 10.5 Å². The minimum atomic E-state index is -0.295. The molecule has 0 aromatic heterocycles. The Morgan fingerprint density at radius 1 is 1.28 bits per heavy atom. The van der Waals surface area contributed by atoms with Gasteiger partial charge in [-0.1, -0.05) is 18.2 Å². The Labute approximate surface area is 107 Å². The van der Waals surface area contributed by atoms with Crippen LogP contribution in [0.25, 0.3) is 0 Å². The molecule has 0 unspecified atom stereocenters. The number of benzene rings is 1. The lowest BCUT2D eigenvalue weighted by molar-refractivity contribution is -0.143. The Balaban J connectivity index is 2.35. The van der Waals surface area contributed by atoms with Crippen molar-refractivity contribution in [3.8, 4) is 0 Å². The van der Waals surface area contributed by atoms with Crippen molar-refractivity contribution >= 4 is 17.7 Å². The SMILES string of the molecule is CCOC(=O)CCN(C)C(=O)Nc1ccccc1. The summed E-state index contributed by atoms with van der Waals surface area (Å²) < 4.78 is 4.79. The van der Waals surface area contributed by atoms with Gasteiger partial charge in [-0.05, 0) is 19.1 Å². The molecule has 0 saturated carbocycles. The van der Waals surface area contributed by atoms with Gasteiger partial charge in [0.2, 0.25) is 0 Å². The third-order valence-corrected chi connectivity index (χ3v) is 2.33. The maximum absolute atomic E-state index is 11.7. The van der Waals surface area contributed by atoms with Crippen molar-refractivity contribution in [2.45, 2.75) is 13.3 Å². The molecule has 2 amide bonds. The second-order valence-electron chi connectivity index (χ2n) is 3.77. The first-order chi connectivity index (χ1) is 8.63. The number of rotatable bonds is 5. The summed E-state index contributed by atoms with van der Waals surface area (Å²) in [5.41, 5.74) is 0.727. The molecule has 5 nitrogen and oxygen atoms in total. The summed E-state index contributed by atoms with van der Waals surface area (Å²) in [6.45, 7) is 2.44. The maximum atomic E-state index is 11.7. The van der Waals surface area contributed by atoms with Crippen molar-refractivity contribution < 1.29 is 14.3 Å². The highest BCUT2D eigenvalue weighted by Crippen LogP contribution is 2.06. The Hall–Kier alpha value is -2.04. The number of ether oxygens (including phenoxy) is 1. The molecule has 0 heterocycles. The van der Waals surface area contributed by atoms with Crippen LogP contribution in [0, 0.1) is 0 Å².